The Kier molecular flexibility index (Phi) is 5.83. The first-order chi connectivity index (χ1) is 10.4. The highest BCUT2D eigenvalue weighted by molar-refractivity contribution is 7.91. The number of aliphatic carboxylic acids is 1. The summed E-state index contributed by atoms with van der Waals surface area (Å²) in [7, 11) is -2.98. The van der Waals surface area contributed by atoms with Gasteiger partial charge in [0.15, 0.2) is 9.84 Å². The van der Waals surface area contributed by atoms with E-state index >= 15 is 0 Å². The van der Waals surface area contributed by atoms with Crippen LogP contribution in [0.4, 0.5) is 0 Å². The zero-order chi connectivity index (χ0) is 16.2. The second kappa shape index (κ2) is 7.44. The number of carbonyl (C=O) groups is 1. The second-order valence-corrected chi connectivity index (χ2v) is 8.25. The molecule has 7 heteroatoms. The molecule has 0 amide bonds. The average Bonchev–Trinajstić information content (AvgIpc) is 2.80. The maximum atomic E-state index is 11.7. The van der Waals surface area contributed by atoms with Crippen molar-refractivity contribution in [2.45, 2.75) is 31.8 Å². The van der Waals surface area contributed by atoms with E-state index < -0.39 is 15.8 Å². The predicted octanol–water partition coefficient (Wildman–Crippen LogP) is 2.19. The maximum absolute atomic E-state index is 11.7. The van der Waals surface area contributed by atoms with Crippen LogP contribution < -0.4 is 0 Å². The molecular weight excluding hydrogens is 326 g/mol. The van der Waals surface area contributed by atoms with E-state index in [0.717, 1.165) is 5.56 Å². The SMILES string of the molecule is O=C(O)CCCN(Cc1ccccc1Cl)[C@@H]1CCS(=O)(=O)C1. The van der Waals surface area contributed by atoms with Crippen LogP contribution in [0.5, 0.6) is 0 Å². The molecule has 1 N–H and O–H groups in total. The molecule has 0 aromatic heterocycles. The average molecular weight is 346 g/mol. The van der Waals surface area contributed by atoms with Gasteiger partial charge in [-0.2, -0.15) is 0 Å². The molecule has 0 aliphatic carbocycles. The van der Waals surface area contributed by atoms with Gasteiger partial charge in [0.1, 0.15) is 0 Å². The molecule has 1 aromatic rings. The summed E-state index contributed by atoms with van der Waals surface area (Å²) in [5, 5.41) is 9.42. The second-order valence-electron chi connectivity index (χ2n) is 5.62. The van der Waals surface area contributed by atoms with Gasteiger partial charge >= 0.3 is 5.97 Å². The molecule has 0 radical (unpaired) electrons. The number of rotatable bonds is 7. The van der Waals surface area contributed by atoms with Gasteiger partial charge in [-0.25, -0.2) is 8.42 Å². The van der Waals surface area contributed by atoms with Gasteiger partial charge in [0.05, 0.1) is 11.5 Å². The quantitative estimate of drug-likeness (QED) is 0.820. The summed E-state index contributed by atoms with van der Waals surface area (Å²) in [4.78, 5) is 12.7. The molecule has 22 heavy (non-hydrogen) atoms. The molecule has 0 spiro atoms. The van der Waals surface area contributed by atoms with Gasteiger partial charge in [-0.05, 0) is 31.0 Å². The fourth-order valence-corrected chi connectivity index (χ4v) is 4.69. The van der Waals surface area contributed by atoms with Crippen molar-refractivity contribution in [3.8, 4) is 0 Å². The topological polar surface area (TPSA) is 74.7 Å². The number of carboxylic acid groups (broad SMARTS) is 1. The number of halogens is 1. The number of hydrogen-bond donors (Lipinski definition) is 1. The van der Waals surface area contributed by atoms with E-state index in [1.807, 2.05) is 18.2 Å². The molecule has 1 aliphatic heterocycles. The Labute approximate surface area is 135 Å². The first kappa shape index (κ1) is 17.2. The van der Waals surface area contributed by atoms with Crippen molar-refractivity contribution in [2.75, 3.05) is 18.1 Å². The minimum Gasteiger partial charge on any atom is -0.481 e. The Morgan fingerprint density at radius 3 is 2.68 bits per heavy atom. The molecular formula is C15H20ClNO4S. The van der Waals surface area contributed by atoms with Crippen LogP contribution in [0, 0.1) is 0 Å². The van der Waals surface area contributed by atoms with Crippen LogP contribution in [-0.2, 0) is 21.2 Å². The molecule has 1 fully saturated rings. The van der Waals surface area contributed by atoms with Crippen LogP contribution in [-0.4, -0.2) is 48.5 Å². The highest BCUT2D eigenvalue weighted by atomic mass is 35.5. The van der Waals surface area contributed by atoms with Gasteiger partial charge in [-0.3, -0.25) is 9.69 Å². The summed E-state index contributed by atoms with van der Waals surface area (Å²) in [6.45, 7) is 1.09. The van der Waals surface area contributed by atoms with Crippen LogP contribution in [0.2, 0.25) is 5.02 Å². The lowest BCUT2D eigenvalue weighted by Crippen LogP contribution is -2.36. The molecule has 5 nitrogen and oxygen atoms in total. The fraction of sp³-hybridized carbons (Fsp3) is 0.533. The van der Waals surface area contributed by atoms with Crippen molar-refractivity contribution < 1.29 is 18.3 Å². The van der Waals surface area contributed by atoms with Crippen LogP contribution in [0.15, 0.2) is 24.3 Å². The summed E-state index contributed by atoms with van der Waals surface area (Å²) in [6, 6.07) is 7.39. The third kappa shape index (κ3) is 4.97. The molecule has 0 saturated carbocycles. The lowest BCUT2D eigenvalue weighted by Gasteiger charge is -2.28. The maximum Gasteiger partial charge on any atom is 0.303 e. The highest BCUT2D eigenvalue weighted by Crippen LogP contribution is 2.23. The van der Waals surface area contributed by atoms with Gasteiger partial charge in [-0.1, -0.05) is 29.8 Å². The van der Waals surface area contributed by atoms with Gasteiger partial charge in [0, 0.05) is 24.0 Å². The molecule has 2 rings (SSSR count). The number of hydrogen-bond acceptors (Lipinski definition) is 4. The van der Waals surface area contributed by atoms with Crippen LogP contribution in [0.1, 0.15) is 24.8 Å². The molecule has 0 unspecified atom stereocenters. The lowest BCUT2D eigenvalue weighted by atomic mass is 10.1. The molecule has 122 valence electrons. The number of benzene rings is 1. The van der Waals surface area contributed by atoms with E-state index in [-0.39, 0.29) is 24.0 Å². The van der Waals surface area contributed by atoms with Crippen molar-refractivity contribution in [3.63, 3.8) is 0 Å². The van der Waals surface area contributed by atoms with E-state index in [9.17, 15) is 13.2 Å². The third-order valence-electron chi connectivity index (χ3n) is 3.89. The largest absolute Gasteiger partial charge is 0.481 e. The Hall–Kier alpha value is -1.11. The normalized spacial score (nSPS) is 20.4. The lowest BCUT2D eigenvalue weighted by molar-refractivity contribution is -0.137. The van der Waals surface area contributed by atoms with E-state index in [2.05, 4.69) is 4.90 Å². The summed E-state index contributed by atoms with van der Waals surface area (Å²) in [5.41, 5.74) is 0.934. The molecule has 1 atom stereocenters. The first-order valence-corrected chi connectivity index (χ1v) is 9.47. The molecule has 1 aromatic carbocycles. The van der Waals surface area contributed by atoms with Crippen molar-refractivity contribution in [3.05, 3.63) is 34.9 Å². The van der Waals surface area contributed by atoms with Crippen LogP contribution >= 0.6 is 11.6 Å². The summed E-state index contributed by atoms with van der Waals surface area (Å²) < 4.78 is 23.4. The number of sulfone groups is 1. The van der Waals surface area contributed by atoms with Crippen LogP contribution in [0.25, 0.3) is 0 Å². The number of nitrogens with zero attached hydrogens (tertiary/aromatic N) is 1. The zero-order valence-corrected chi connectivity index (χ0v) is 13.8. The predicted molar refractivity (Wildman–Crippen MR) is 85.8 cm³/mol. The van der Waals surface area contributed by atoms with Gasteiger partial charge in [-0.15, -0.1) is 0 Å². The summed E-state index contributed by atoms with van der Waals surface area (Å²) >= 11 is 6.18. The van der Waals surface area contributed by atoms with E-state index in [1.165, 1.54) is 0 Å². The van der Waals surface area contributed by atoms with Gasteiger partial charge < -0.3 is 5.11 Å². The van der Waals surface area contributed by atoms with Crippen molar-refractivity contribution in [1.29, 1.82) is 0 Å². The minimum absolute atomic E-state index is 0.0601. The number of carboxylic acids is 1. The zero-order valence-electron chi connectivity index (χ0n) is 12.2. The Balaban J connectivity index is 2.07. The van der Waals surface area contributed by atoms with E-state index in [0.29, 0.717) is 31.0 Å². The van der Waals surface area contributed by atoms with Gasteiger partial charge in [0.2, 0.25) is 0 Å². The van der Waals surface area contributed by atoms with Gasteiger partial charge in [0.25, 0.3) is 0 Å². The minimum atomic E-state index is -2.98. The molecule has 0 bridgehead atoms. The molecule has 1 heterocycles. The Bertz CT molecular complexity index is 632. The summed E-state index contributed by atoms with van der Waals surface area (Å²) in [6.07, 6.45) is 1.18. The fourth-order valence-electron chi connectivity index (χ4n) is 2.73. The monoisotopic (exact) mass is 345 g/mol. The van der Waals surface area contributed by atoms with Crippen molar-refractivity contribution >= 4 is 27.4 Å². The smallest absolute Gasteiger partial charge is 0.303 e. The first-order valence-electron chi connectivity index (χ1n) is 7.27. The Morgan fingerprint density at radius 2 is 2.09 bits per heavy atom. The van der Waals surface area contributed by atoms with E-state index in [4.69, 9.17) is 16.7 Å². The van der Waals surface area contributed by atoms with Crippen molar-refractivity contribution in [1.82, 2.24) is 4.90 Å². The standard InChI is InChI=1S/C15H20ClNO4S/c16-14-5-2-1-4-12(14)10-17(8-3-6-15(18)19)13-7-9-22(20,21)11-13/h1-2,4-5,13H,3,6-11H2,(H,18,19)/t13-/m1/s1. The Morgan fingerprint density at radius 1 is 1.36 bits per heavy atom. The highest BCUT2D eigenvalue weighted by Gasteiger charge is 2.32. The van der Waals surface area contributed by atoms with Crippen molar-refractivity contribution in [2.24, 2.45) is 0 Å². The molecule has 1 saturated heterocycles. The van der Waals surface area contributed by atoms with E-state index in [1.54, 1.807) is 6.07 Å². The summed E-state index contributed by atoms with van der Waals surface area (Å²) in [5.74, 6) is -0.489. The van der Waals surface area contributed by atoms with Crippen LogP contribution in [0.3, 0.4) is 0 Å². The third-order valence-corrected chi connectivity index (χ3v) is 6.01. The molecule has 1 aliphatic rings.